The largest absolute Gasteiger partial charge is 0.335 e. The average molecular weight is 353 g/mol. The summed E-state index contributed by atoms with van der Waals surface area (Å²) < 4.78 is 0. The number of nitrogens with one attached hydrogen (secondary N) is 2. The predicted octanol–water partition coefficient (Wildman–Crippen LogP) is 2.35. The van der Waals surface area contributed by atoms with Gasteiger partial charge >= 0.3 is 6.03 Å². The monoisotopic (exact) mass is 352 g/mol. The van der Waals surface area contributed by atoms with Crippen molar-refractivity contribution in [1.82, 2.24) is 10.2 Å². The molecule has 1 aliphatic carbocycles. The Bertz CT molecular complexity index is 592. The Morgan fingerprint density at radius 3 is 2.71 bits per heavy atom. The van der Waals surface area contributed by atoms with Gasteiger partial charge in [-0.3, -0.25) is 4.79 Å². The molecule has 2 fully saturated rings. The van der Waals surface area contributed by atoms with Crippen LogP contribution in [0.5, 0.6) is 0 Å². The third kappa shape index (κ3) is 4.61. The SMILES string of the molecule is Cl.NCC1CCCCN1C(=O)c1cccc(NC(=O)NC2CC2)c1. The molecule has 0 aromatic heterocycles. The Morgan fingerprint density at radius 1 is 1.21 bits per heavy atom. The van der Waals surface area contributed by atoms with Crippen LogP contribution in [0.4, 0.5) is 10.5 Å². The summed E-state index contributed by atoms with van der Waals surface area (Å²) in [5.74, 6) is -0.00796. The molecule has 0 bridgehead atoms. The summed E-state index contributed by atoms with van der Waals surface area (Å²) in [6, 6.07) is 7.31. The zero-order valence-corrected chi connectivity index (χ0v) is 14.5. The van der Waals surface area contributed by atoms with Crippen LogP contribution < -0.4 is 16.4 Å². The predicted molar refractivity (Wildman–Crippen MR) is 96.6 cm³/mol. The number of amides is 3. The molecule has 1 saturated carbocycles. The molecule has 1 aromatic rings. The third-order valence-electron chi connectivity index (χ3n) is 4.44. The van der Waals surface area contributed by atoms with Crippen LogP contribution >= 0.6 is 12.4 Å². The topological polar surface area (TPSA) is 87.5 Å². The van der Waals surface area contributed by atoms with Crippen molar-refractivity contribution < 1.29 is 9.59 Å². The number of halogens is 1. The van der Waals surface area contributed by atoms with Gasteiger partial charge in [-0.05, 0) is 50.3 Å². The van der Waals surface area contributed by atoms with Gasteiger partial charge in [-0.1, -0.05) is 6.07 Å². The second-order valence-electron chi connectivity index (χ2n) is 6.34. The first-order valence-electron chi connectivity index (χ1n) is 8.36. The Hall–Kier alpha value is -1.79. The standard InChI is InChI=1S/C17H24N4O2.ClH/c18-11-15-6-1-2-9-21(15)16(22)12-4-3-5-14(10-12)20-17(23)19-13-7-8-13;/h3-5,10,13,15H,1-2,6-9,11,18H2,(H2,19,20,23);1H. The molecule has 4 N–H and O–H groups in total. The lowest BCUT2D eigenvalue weighted by atomic mass is 10.0. The van der Waals surface area contributed by atoms with E-state index in [1.807, 2.05) is 4.90 Å². The average Bonchev–Trinajstić information content (AvgIpc) is 3.38. The van der Waals surface area contributed by atoms with Crippen molar-refractivity contribution in [2.75, 3.05) is 18.4 Å². The van der Waals surface area contributed by atoms with Crippen LogP contribution in [-0.2, 0) is 0 Å². The van der Waals surface area contributed by atoms with Crippen LogP contribution in [0.25, 0.3) is 0 Å². The van der Waals surface area contributed by atoms with Gasteiger partial charge in [0.25, 0.3) is 5.91 Å². The molecule has 1 unspecified atom stereocenters. The number of nitrogens with two attached hydrogens (primary N) is 1. The Morgan fingerprint density at radius 2 is 2.00 bits per heavy atom. The Labute approximate surface area is 148 Å². The molecule has 3 amide bonds. The van der Waals surface area contributed by atoms with E-state index in [0.717, 1.165) is 38.6 Å². The summed E-state index contributed by atoms with van der Waals surface area (Å²) in [5, 5.41) is 5.66. The summed E-state index contributed by atoms with van der Waals surface area (Å²) in [5.41, 5.74) is 7.03. The second-order valence-corrected chi connectivity index (χ2v) is 6.34. The zero-order chi connectivity index (χ0) is 16.2. The number of hydrogen-bond donors (Lipinski definition) is 3. The van der Waals surface area contributed by atoms with Crippen LogP contribution in [0.1, 0.15) is 42.5 Å². The lowest BCUT2D eigenvalue weighted by Gasteiger charge is -2.35. The minimum Gasteiger partial charge on any atom is -0.335 e. The smallest absolute Gasteiger partial charge is 0.319 e. The fourth-order valence-corrected chi connectivity index (χ4v) is 2.99. The van der Waals surface area contributed by atoms with E-state index in [1.165, 1.54) is 0 Å². The Balaban J connectivity index is 0.00000208. The first-order valence-corrected chi connectivity index (χ1v) is 8.36. The molecule has 132 valence electrons. The van der Waals surface area contributed by atoms with E-state index in [0.29, 0.717) is 23.8 Å². The molecule has 1 aliphatic heterocycles. The Kier molecular flexibility index (Phi) is 6.45. The van der Waals surface area contributed by atoms with E-state index in [2.05, 4.69) is 10.6 Å². The van der Waals surface area contributed by atoms with Crippen molar-refractivity contribution in [2.45, 2.75) is 44.2 Å². The van der Waals surface area contributed by atoms with E-state index < -0.39 is 0 Å². The molecule has 1 heterocycles. The summed E-state index contributed by atoms with van der Waals surface area (Å²) in [6.07, 6.45) is 5.19. The summed E-state index contributed by atoms with van der Waals surface area (Å²) in [4.78, 5) is 26.4. The van der Waals surface area contributed by atoms with Crippen molar-refractivity contribution in [1.29, 1.82) is 0 Å². The van der Waals surface area contributed by atoms with Gasteiger partial charge in [0.05, 0.1) is 0 Å². The number of likely N-dealkylation sites (tertiary alicyclic amines) is 1. The number of carbonyl (C=O) groups excluding carboxylic acids is 2. The van der Waals surface area contributed by atoms with E-state index in [1.54, 1.807) is 24.3 Å². The van der Waals surface area contributed by atoms with Crippen LogP contribution in [0.3, 0.4) is 0 Å². The number of hydrogen-bond acceptors (Lipinski definition) is 3. The molecule has 1 aromatic carbocycles. The van der Waals surface area contributed by atoms with E-state index in [9.17, 15) is 9.59 Å². The minimum absolute atomic E-state index is 0. The van der Waals surface area contributed by atoms with E-state index in [4.69, 9.17) is 5.73 Å². The number of anilines is 1. The van der Waals surface area contributed by atoms with Gasteiger partial charge in [0.15, 0.2) is 0 Å². The first-order chi connectivity index (χ1) is 11.2. The van der Waals surface area contributed by atoms with Crippen LogP contribution in [-0.4, -0.2) is 42.0 Å². The summed E-state index contributed by atoms with van der Waals surface area (Å²) in [6.45, 7) is 1.24. The van der Waals surface area contributed by atoms with Gasteiger partial charge < -0.3 is 21.3 Å². The molecule has 0 spiro atoms. The molecule has 6 nitrogen and oxygen atoms in total. The zero-order valence-electron chi connectivity index (χ0n) is 13.7. The normalized spacial score (nSPS) is 20.0. The number of carbonyl (C=O) groups is 2. The van der Waals surface area contributed by atoms with Gasteiger partial charge in [-0.25, -0.2) is 4.79 Å². The summed E-state index contributed by atoms with van der Waals surface area (Å²) in [7, 11) is 0. The fraction of sp³-hybridized carbons (Fsp3) is 0.529. The van der Waals surface area contributed by atoms with Gasteiger partial charge in [-0.15, -0.1) is 12.4 Å². The molecular weight excluding hydrogens is 328 g/mol. The highest BCUT2D eigenvalue weighted by molar-refractivity contribution is 5.97. The molecule has 3 rings (SSSR count). The van der Waals surface area contributed by atoms with Crippen molar-refractivity contribution in [3.8, 4) is 0 Å². The van der Waals surface area contributed by atoms with E-state index >= 15 is 0 Å². The maximum Gasteiger partial charge on any atom is 0.319 e. The lowest BCUT2D eigenvalue weighted by Crippen LogP contribution is -2.47. The van der Waals surface area contributed by atoms with Crippen molar-refractivity contribution >= 4 is 30.0 Å². The van der Waals surface area contributed by atoms with Gasteiger partial charge in [0.1, 0.15) is 0 Å². The highest BCUT2D eigenvalue weighted by Crippen LogP contribution is 2.21. The van der Waals surface area contributed by atoms with Crippen LogP contribution in [0, 0.1) is 0 Å². The summed E-state index contributed by atoms with van der Waals surface area (Å²) >= 11 is 0. The number of benzene rings is 1. The fourth-order valence-electron chi connectivity index (χ4n) is 2.99. The highest BCUT2D eigenvalue weighted by Gasteiger charge is 2.27. The number of piperidine rings is 1. The van der Waals surface area contributed by atoms with Crippen molar-refractivity contribution in [2.24, 2.45) is 5.73 Å². The minimum atomic E-state index is -0.213. The highest BCUT2D eigenvalue weighted by atomic mass is 35.5. The van der Waals surface area contributed by atoms with Gasteiger partial charge in [0, 0.05) is 36.4 Å². The number of urea groups is 1. The van der Waals surface area contributed by atoms with Gasteiger partial charge in [0.2, 0.25) is 0 Å². The lowest BCUT2D eigenvalue weighted by molar-refractivity contribution is 0.0623. The van der Waals surface area contributed by atoms with Crippen LogP contribution in [0.15, 0.2) is 24.3 Å². The van der Waals surface area contributed by atoms with Crippen molar-refractivity contribution in [3.63, 3.8) is 0 Å². The number of rotatable bonds is 4. The molecule has 2 aliphatic rings. The molecule has 1 saturated heterocycles. The van der Waals surface area contributed by atoms with Gasteiger partial charge in [-0.2, -0.15) is 0 Å². The molecular formula is C17H25ClN4O2. The van der Waals surface area contributed by atoms with E-state index in [-0.39, 0.29) is 30.4 Å². The molecule has 24 heavy (non-hydrogen) atoms. The second kappa shape index (κ2) is 8.35. The van der Waals surface area contributed by atoms with Crippen LogP contribution in [0.2, 0.25) is 0 Å². The maximum atomic E-state index is 12.7. The van der Waals surface area contributed by atoms with Crippen molar-refractivity contribution in [3.05, 3.63) is 29.8 Å². The number of nitrogens with zero attached hydrogens (tertiary/aromatic N) is 1. The molecule has 1 atom stereocenters. The molecule has 0 radical (unpaired) electrons. The quantitative estimate of drug-likeness (QED) is 0.777. The maximum absolute atomic E-state index is 12.7. The third-order valence-corrected chi connectivity index (χ3v) is 4.44. The first kappa shape index (κ1) is 18.5. The molecule has 7 heteroatoms.